The van der Waals surface area contributed by atoms with Gasteiger partial charge in [-0.05, 0) is 24.3 Å². The number of halogens is 2. The quantitative estimate of drug-likeness (QED) is 0.845. The fraction of sp³-hybridized carbons (Fsp3) is 0.143. The van der Waals surface area contributed by atoms with Crippen molar-refractivity contribution in [3.8, 4) is 29.1 Å². The number of benzene rings is 1. The summed E-state index contributed by atoms with van der Waals surface area (Å²) in [5, 5.41) is 9.01. The monoisotopic (exact) mass is 292 g/mol. The zero-order chi connectivity index (χ0) is 15.2. The second-order valence-corrected chi connectivity index (χ2v) is 3.75. The second-order valence-electron chi connectivity index (χ2n) is 3.75. The van der Waals surface area contributed by atoms with Gasteiger partial charge in [0.2, 0.25) is 5.75 Å². The molecule has 21 heavy (non-hydrogen) atoms. The van der Waals surface area contributed by atoms with Gasteiger partial charge in [-0.15, -0.1) is 0 Å². The third-order valence-electron chi connectivity index (χ3n) is 2.46. The van der Waals surface area contributed by atoms with Crippen LogP contribution in [0.1, 0.15) is 5.69 Å². The van der Waals surface area contributed by atoms with E-state index in [1.807, 2.05) is 6.07 Å². The molecule has 0 N–H and O–H groups in total. The maximum absolute atomic E-state index is 12.1. The SMILES string of the molecule is COc1ccnc(C#N)c1Oc1ccc(OC(F)F)cc1. The Labute approximate surface area is 119 Å². The third-order valence-corrected chi connectivity index (χ3v) is 2.46. The predicted octanol–water partition coefficient (Wildman–Crippen LogP) is 3.36. The van der Waals surface area contributed by atoms with E-state index >= 15 is 0 Å². The highest BCUT2D eigenvalue weighted by Gasteiger charge is 2.13. The number of rotatable bonds is 5. The first kappa shape index (κ1) is 14.5. The van der Waals surface area contributed by atoms with Gasteiger partial charge in [0.05, 0.1) is 7.11 Å². The van der Waals surface area contributed by atoms with Crippen LogP contribution in [-0.4, -0.2) is 18.7 Å². The average Bonchev–Trinajstić information content (AvgIpc) is 2.49. The van der Waals surface area contributed by atoms with Gasteiger partial charge >= 0.3 is 6.61 Å². The van der Waals surface area contributed by atoms with Gasteiger partial charge in [-0.3, -0.25) is 0 Å². The van der Waals surface area contributed by atoms with E-state index in [0.717, 1.165) is 0 Å². The van der Waals surface area contributed by atoms with Crippen molar-refractivity contribution in [2.75, 3.05) is 7.11 Å². The minimum Gasteiger partial charge on any atom is -0.493 e. The lowest BCUT2D eigenvalue weighted by Gasteiger charge is -2.11. The zero-order valence-corrected chi connectivity index (χ0v) is 10.9. The van der Waals surface area contributed by atoms with Crippen molar-refractivity contribution in [1.82, 2.24) is 4.98 Å². The lowest BCUT2D eigenvalue weighted by Crippen LogP contribution is -2.01. The molecule has 2 aromatic rings. The Balaban J connectivity index is 2.24. The van der Waals surface area contributed by atoms with Crippen molar-refractivity contribution in [2.45, 2.75) is 6.61 Å². The van der Waals surface area contributed by atoms with Gasteiger partial charge in [-0.25, -0.2) is 4.98 Å². The minimum absolute atomic E-state index is 0.0102. The van der Waals surface area contributed by atoms with Gasteiger partial charge in [0.15, 0.2) is 11.4 Å². The average molecular weight is 292 g/mol. The van der Waals surface area contributed by atoms with Crippen molar-refractivity contribution in [3.63, 3.8) is 0 Å². The van der Waals surface area contributed by atoms with Crippen LogP contribution in [0.2, 0.25) is 0 Å². The van der Waals surface area contributed by atoms with E-state index in [0.29, 0.717) is 11.5 Å². The Morgan fingerprint density at radius 2 is 1.81 bits per heavy atom. The van der Waals surface area contributed by atoms with Crippen LogP contribution in [0.3, 0.4) is 0 Å². The van der Waals surface area contributed by atoms with E-state index < -0.39 is 6.61 Å². The molecule has 7 heteroatoms. The van der Waals surface area contributed by atoms with Gasteiger partial charge in [0, 0.05) is 12.3 Å². The summed E-state index contributed by atoms with van der Waals surface area (Å²) in [5.74, 6) is 0.843. The first-order valence-corrected chi connectivity index (χ1v) is 5.80. The van der Waals surface area contributed by atoms with E-state index in [9.17, 15) is 8.78 Å². The Hall–Kier alpha value is -2.88. The van der Waals surface area contributed by atoms with E-state index in [1.54, 1.807) is 6.07 Å². The number of hydrogen-bond acceptors (Lipinski definition) is 5. The molecule has 0 spiro atoms. The highest BCUT2D eigenvalue weighted by Crippen LogP contribution is 2.34. The van der Waals surface area contributed by atoms with Crippen molar-refractivity contribution >= 4 is 0 Å². The summed E-state index contributed by atoms with van der Waals surface area (Å²) < 4.78 is 39.0. The summed E-state index contributed by atoms with van der Waals surface area (Å²) in [6, 6.07) is 8.97. The molecule has 1 aromatic carbocycles. The van der Waals surface area contributed by atoms with E-state index in [4.69, 9.17) is 14.7 Å². The molecule has 0 saturated heterocycles. The van der Waals surface area contributed by atoms with Crippen LogP contribution in [0, 0.1) is 11.3 Å². The Morgan fingerprint density at radius 3 is 2.38 bits per heavy atom. The Bertz CT molecular complexity index is 654. The van der Waals surface area contributed by atoms with Crippen LogP contribution in [0.15, 0.2) is 36.5 Å². The molecule has 0 bridgehead atoms. The highest BCUT2D eigenvalue weighted by atomic mass is 19.3. The fourth-order valence-corrected chi connectivity index (χ4v) is 1.58. The van der Waals surface area contributed by atoms with Crippen molar-refractivity contribution < 1.29 is 23.0 Å². The molecule has 0 aliphatic heterocycles. The molecule has 0 saturated carbocycles. The largest absolute Gasteiger partial charge is 0.493 e. The minimum atomic E-state index is -2.89. The smallest absolute Gasteiger partial charge is 0.387 e. The van der Waals surface area contributed by atoms with Crippen LogP contribution < -0.4 is 14.2 Å². The normalized spacial score (nSPS) is 10.0. The topological polar surface area (TPSA) is 64.4 Å². The molecule has 5 nitrogen and oxygen atoms in total. The van der Waals surface area contributed by atoms with Gasteiger partial charge in [0.1, 0.15) is 17.6 Å². The molecule has 1 aromatic heterocycles. The highest BCUT2D eigenvalue weighted by molar-refractivity contribution is 5.50. The van der Waals surface area contributed by atoms with Gasteiger partial charge in [-0.2, -0.15) is 14.0 Å². The maximum Gasteiger partial charge on any atom is 0.387 e. The third kappa shape index (κ3) is 3.57. The molecular weight excluding hydrogens is 282 g/mol. The predicted molar refractivity (Wildman–Crippen MR) is 68.7 cm³/mol. The Morgan fingerprint density at radius 1 is 1.14 bits per heavy atom. The first-order chi connectivity index (χ1) is 10.1. The fourth-order valence-electron chi connectivity index (χ4n) is 1.58. The molecule has 0 unspecified atom stereocenters. The van der Waals surface area contributed by atoms with Crippen molar-refractivity contribution in [1.29, 1.82) is 5.26 Å². The zero-order valence-electron chi connectivity index (χ0n) is 10.9. The van der Waals surface area contributed by atoms with Crippen LogP contribution in [-0.2, 0) is 0 Å². The molecule has 108 valence electrons. The molecule has 0 atom stereocenters. The first-order valence-electron chi connectivity index (χ1n) is 5.80. The Kier molecular flexibility index (Phi) is 4.51. The molecule has 2 rings (SSSR count). The summed E-state index contributed by atoms with van der Waals surface area (Å²) in [6.45, 7) is -2.89. The van der Waals surface area contributed by atoms with Crippen LogP contribution in [0.25, 0.3) is 0 Å². The number of methoxy groups -OCH3 is 1. The maximum atomic E-state index is 12.1. The van der Waals surface area contributed by atoms with E-state index in [2.05, 4.69) is 9.72 Å². The van der Waals surface area contributed by atoms with Crippen LogP contribution >= 0.6 is 0 Å². The number of alkyl halides is 2. The number of hydrogen-bond donors (Lipinski definition) is 0. The number of aromatic nitrogens is 1. The van der Waals surface area contributed by atoms with Crippen LogP contribution in [0.4, 0.5) is 8.78 Å². The molecule has 0 aliphatic carbocycles. The van der Waals surface area contributed by atoms with Gasteiger partial charge < -0.3 is 14.2 Å². The number of pyridine rings is 1. The summed E-state index contributed by atoms with van der Waals surface area (Å²) in [4.78, 5) is 3.87. The molecule has 0 aliphatic rings. The number of ether oxygens (including phenoxy) is 3. The molecule has 0 amide bonds. The summed E-state index contributed by atoms with van der Waals surface area (Å²) in [5.41, 5.74) is 0.0576. The standard InChI is InChI=1S/C14H10F2N2O3/c1-19-12-6-7-18-11(8-17)13(12)20-9-2-4-10(5-3-9)21-14(15)16/h2-7,14H,1H3. The van der Waals surface area contributed by atoms with E-state index in [-0.39, 0.29) is 17.2 Å². The lowest BCUT2D eigenvalue weighted by molar-refractivity contribution is -0.0498. The molecular formula is C14H10F2N2O3. The van der Waals surface area contributed by atoms with Crippen LogP contribution in [0.5, 0.6) is 23.0 Å². The lowest BCUT2D eigenvalue weighted by atomic mass is 10.3. The molecule has 0 fully saturated rings. The molecule has 1 heterocycles. The second kappa shape index (κ2) is 6.52. The summed E-state index contributed by atoms with van der Waals surface area (Å²) >= 11 is 0. The number of nitrogens with zero attached hydrogens (tertiary/aromatic N) is 2. The molecule has 0 radical (unpaired) electrons. The number of nitriles is 1. The van der Waals surface area contributed by atoms with Crippen molar-refractivity contribution in [2.24, 2.45) is 0 Å². The van der Waals surface area contributed by atoms with Crippen molar-refractivity contribution in [3.05, 3.63) is 42.2 Å². The summed E-state index contributed by atoms with van der Waals surface area (Å²) in [6.07, 6.45) is 1.42. The van der Waals surface area contributed by atoms with E-state index in [1.165, 1.54) is 37.6 Å². The summed E-state index contributed by atoms with van der Waals surface area (Å²) in [7, 11) is 1.43. The van der Waals surface area contributed by atoms with Gasteiger partial charge in [-0.1, -0.05) is 0 Å². The van der Waals surface area contributed by atoms with Gasteiger partial charge in [0.25, 0.3) is 0 Å².